The van der Waals surface area contributed by atoms with Crippen molar-refractivity contribution in [2.45, 2.75) is 37.9 Å². The van der Waals surface area contributed by atoms with Crippen molar-refractivity contribution in [3.05, 3.63) is 77.5 Å². The molecule has 0 aliphatic carbocycles. The van der Waals surface area contributed by atoms with Gasteiger partial charge in [0.1, 0.15) is 18.1 Å². The van der Waals surface area contributed by atoms with Crippen LogP contribution in [0.1, 0.15) is 45.7 Å². The number of carbonyl (C=O) groups is 3. The maximum Gasteiger partial charge on any atom is 0.270 e. The third-order valence-corrected chi connectivity index (χ3v) is 8.90. The van der Waals surface area contributed by atoms with Gasteiger partial charge in [0.15, 0.2) is 0 Å². The minimum Gasteiger partial charge on any atom is -0.475 e. The number of hydrogen-bond acceptors (Lipinski definition) is 8. The lowest BCUT2D eigenvalue weighted by Crippen LogP contribution is -2.49. The molecule has 0 saturated carbocycles. The summed E-state index contributed by atoms with van der Waals surface area (Å²) in [7, 11) is 1.86. The number of nitrogens with zero attached hydrogens (tertiary/aromatic N) is 6. The van der Waals surface area contributed by atoms with E-state index >= 15 is 0 Å². The Balaban J connectivity index is 1.22. The van der Waals surface area contributed by atoms with Crippen molar-refractivity contribution in [1.29, 1.82) is 0 Å². The fourth-order valence-electron chi connectivity index (χ4n) is 6.53. The number of rotatable bonds is 3. The van der Waals surface area contributed by atoms with Gasteiger partial charge in [-0.3, -0.25) is 24.0 Å². The Kier molecular flexibility index (Phi) is 9.88. The van der Waals surface area contributed by atoms with Gasteiger partial charge in [0.25, 0.3) is 11.8 Å². The van der Waals surface area contributed by atoms with Crippen LogP contribution in [0, 0.1) is 11.7 Å². The van der Waals surface area contributed by atoms with Gasteiger partial charge in [0.05, 0.1) is 31.0 Å². The highest BCUT2D eigenvalue weighted by Crippen LogP contribution is 2.27. The molecule has 2 saturated heterocycles. The second-order valence-electron chi connectivity index (χ2n) is 12.2. The number of nitrogens with one attached hydrogen (secondary N) is 1. The molecule has 2 aromatic heterocycles. The van der Waals surface area contributed by atoms with Crippen LogP contribution >= 0.6 is 0 Å². The number of pyridine rings is 1. The van der Waals surface area contributed by atoms with E-state index in [-0.39, 0.29) is 67.3 Å². The largest absolute Gasteiger partial charge is 0.475 e. The Bertz CT molecular complexity index is 1540. The van der Waals surface area contributed by atoms with E-state index in [0.717, 1.165) is 18.4 Å². The number of amides is 3. The molecule has 2 atom stereocenters. The summed E-state index contributed by atoms with van der Waals surface area (Å²) in [5.41, 5.74) is 1.24. The van der Waals surface area contributed by atoms with Crippen LogP contribution in [0.5, 0.6) is 5.88 Å². The van der Waals surface area contributed by atoms with Gasteiger partial charge in [-0.1, -0.05) is 18.2 Å². The number of piperidine rings is 1. The number of carbonyl (C=O) groups excluding carboxylic acids is 3. The number of aromatic nitrogens is 3. The van der Waals surface area contributed by atoms with Gasteiger partial charge >= 0.3 is 0 Å². The highest BCUT2D eigenvalue weighted by Gasteiger charge is 2.40. The molecule has 1 aromatic carbocycles. The first-order chi connectivity index (χ1) is 22.3. The fraction of sp³-hybridized carbons (Fsp3) is 0.485. The first-order valence-corrected chi connectivity index (χ1v) is 15.9. The fourth-order valence-corrected chi connectivity index (χ4v) is 6.53. The van der Waals surface area contributed by atoms with Crippen molar-refractivity contribution >= 4 is 17.7 Å². The molecule has 1 N–H and O–H groups in total. The maximum atomic E-state index is 14.6. The van der Waals surface area contributed by atoms with Crippen molar-refractivity contribution in [3.8, 4) is 5.88 Å². The lowest BCUT2D eigenvalue weighted by atomic mass is 9.95. The minimum atomic E-state index is -0.557. The van der Waals surface area contributed by atoms with E-state index in [0.29, 0.717) is 45.0 Å². The first kappa shape index (κ1) is 31.6. The molecule has 12 nitrogen and oxygen atoms in total. The zero-order valence-electron chi connectivity index (χ0n) is 26.0. The van der Waals surface area contributed by atoms with Gasteiger partial charge in [0.2, 0.25) is 11.8 Å². The number of aryl methyl sites for hydroxylation is 1. The van der Waals surface area contributed by atoms with Crippen LogP contribution in [-0.4, -0.2) is 112 Å². The van der Waals surface area contributed by atoms with E-state index < -0.39 is 11.9 Å². The highest BCUT2D eigenvalue weighted by atomic mass is 19.1. The number of ether oxygens (including phenoxy) is 2. The van der Waals surface area contributed by atoms with Crippen molar-refractivity contribution in [2.75, 3.05) is 52.5 Å². The van der Waals surface area contributed by atoms with Crippen LogP contribution in [0.15, 0.2) is 54.9 Å². The summed E-state index contributed by atoms with van der Waals surface area (Å²) < 4.78 is 27.8. The summed E-state index contributed by atoms with van der Waals surface area (Å²) in [4.78, 5) is 50.7. The van der Waals surface area contributed by atoms with Gasteiger partial charge < -0.3 is 24.6 Å². The number of fused-ring (bicyclic) bond motifs is 10. The summed E-state index contributed by atoms with van der Waals surface area (Å²) in [6.45, 7) is 3.58. The Labute approximate surface area is 267 Å². The summed E-state index contributed by atoms with van der Waals surface area (Å²) >= 11 is 0. The molecule has 244 valence electrons. The maximum absolute atomic E-state index is 14.6. The van der Waals surface area contributed by atoms with E-state index in [4.69, 9.17) is 9.47 Å². The van der Waals surface area contributed by atoms with E-state index in [2.05, 4.69) is 20.3 Å². The molecular formula is C33H40FN7O5. The molecule has 0 unspecified atom stereocenters. The Hall–Kier alpha value is -4.36. The predicted octanol–water partition coefficient (Wildman–Crippen LogP) is 2.12. The van der Waals surface area contributed by atoms with E-state index in [1.54, 1.807) is 46.1 Å². The lowest BCUT2D eigenvalue weighted by Gasteiger charge is -2.37. The molecule has 0 radical (unpaired) electrons. The third-order valence-electron chi connectivity index (χ3n) is 8.90. The van der Waals surface area contributed by atoms with Crippen LogP contribution in [0.2, 0.25) is 0 Å². The molecule has 7 rings (SSSR count). The Morgan fingerprint density at radius 1 is 1.02 bits per heavy atom. The van der Waals surface area contributed by atoms with Gasteiger partial charge in [-0.25, -0.2) is 9.37 Å². The summed E-state index contributed by atoms with van der Waals surface area (Å²) in [6, 6.07) is 10.4. The van der Waals surface area contributed by atoms with E-state index in [1.165, 1.54) is 12.1 Å². The molecule has 0 spiro atoms. The monoisotopic (exact) mass is 633 g/mol. The quantitative estimate of drug-likeness (QED) is 0.436. The molecule has 6 bridgehead atoms. The topological polar surface area (TPSA) is 122 Å². The Morgan fingerprint density at radius 3 is 2.63 bits per heavy atom. The molecule has 4 aliphatic heterocycles. The van der Waals surface area contributed by atoms with Crippen LogP contribution in [-0.2, 0) is 23.1 Å². The SMILES string of the molecule is Cn1cc(CN2C[C@H]3C[C@H]2C(=O)N2CCC(CC2)CN(C(=O)c2ccccc2F)CCOCCOc2cccc(n2)C(=O)N3)cn1. The average molecular weight is 634 g/mol. The zero-order valence-corrected chi connectivity index (χ0v) is 26.0. The Morgan fingerprint density at radius 2 is 1.85 bits per heavy atom. The third kappa shape index (κ3) is 7.53. The number of hydrogen-bond donors (Lipinski definition) is 1. The summed E-state index contributed by atoms with van der Waals surface area (Å²) in [5, 5.41) is 7.37. The highest BCUT2D eigenvalue weighted by molar-refractivity contribution is 5.94. The molecule has 6 heterocycles. The predicted molar refractivity (Wildman–Crippen MR) is 165 cm³/mol. The van der Waals surface area contributed by atoms with Crippen molar-refractivity contribution in [2.24, 2.45) is 13.0 Å². The standard InChI is InChI=1S/C33H40FN7O5/c1-38-19-24(18-35-38)21-41-22-25-17-29(41)33(44)39-11-9-23(10-12-39)20-40(32(43)26-5-2-3-6-27(26)34)13-14-45-15-16-46-30-8-4-7-28(37-30)31(42)36-25/h2-8,18-19,23,25,29H,9-17,20-22H2,1H3,(H,36,42)/t25-,29+/m1/s1. The lowest BCUT2D eigenvalue weighted by molar-refractivity contribution is -0.137. The number of likely N-dealkylation sites (tertiary alicyclic amines) is 1. The second-order valence-corrected chi connectivity index (χ2v) is 12.2. The van der Waals surface area contributed by atoms with Crippen LogP contribution in [0.25, 0.3) is 0 Å². The molecule has 4 aliphatic rings. The summed E-state index contributed by atoms with van der Waals surface area (Å²) in [6.07, 6.45) is 5.64. The zero-order chi connectivity index (χ0) is 32.0. The van der Waals surface area contributed by atoms with Crippen LogP contribution in [0.3, 0.4) is 0 Å². The van der Waals surface area contributed by atoms with E-state index in [9.17, 15) is 18.8 Å². The van der Waals surface area contributed by atoms with Crippen molar-refractivity contribution < 1.29 is 28.2 Å². The van der Waals surface area contributed by atoms with E-state index in [1.807, 2.05) is 18.1 Å². The molecule has 46 heavy (non-hydrogen) atoms. The van der Waals surface area contributed by atoms with Gasteiger partial charge in [-0.05, 0) is 43.4 Å². The second kappa shape index (κ2) is 14.4. The van der Waals surface area contributed by atoms with Crippen molar-refractivity contribution in [1.82, 2.24) is 34.8 Å². The number of benzene rings is 1. The van der Waals surface area contributed by atoms with Crippen LogP contribution < -0.4 is 10.1 Å². The van der Waals surface area contributed by atoms with Gasteiger partial charge in [0, 0.05) is 70.2 Å². The number of halogens is 1. The van der Waals surface area contributed by atoms with Gasteiger partial charge in [-0.2, -0.15) is 5.10 Å². The molecular weight excluding hydrogens is 593 g/mol. The first-order valence-electron chi connectivity index (χ1n) is 15.9. The molecule has 13 heteroatoms. The smallest absolute Gasteiger partial charge is 0.270 e. The summed E-state index contributed by atoms with van der Waals surface area (Å²) in [5.74, 6) is -0.787. The molecule has 3 amide bonds. The average Bonchev–Trinajstić information content (AvgIpc) is 3.66. The minimum absolute atomic E-state index is 0.0302. The molecule has 3 aromatic rings. The van der Waals surface area contributed by atoms with Crippen molar-refractivity contribution in [3.63, 3.8) is 0 Å². The molecule has 2 fully saturated rings. The normalized spacial score (nSPS) is 23.5. The van der Waals surface area contributed by atoms with Gasteiger partial charge in [-0.15, -0.1) is 0 Å². The van der Waals surface area contributed by atoms with Crippen LogP contribution in [0.4, 0.5) is 4.39 Å².